The molecule has 1 aromatic rings. The normalized spacial score (nSPS) is 17.2. The van der Waals surface area contributed by atoms with Gasteiger partial charge in [0.1, 0.15) is 5.82 Å². The van der Waals surface area contributed by atoms with Crippen LogP contribution in [-0.2, 0) is 9.53 Å². The molecular weight excluding hydrogens is 359 g/mol. The molecule has 0 saturated heterocycles. The summed E-state index contributed by atoms with van der Waals surface area (Å²) in [5.41, 5.74) is 2.61. The minimum Gasteiger partial charge on any atom is -0.377 e. The Morgan fingerprint density at radius 3 is 2.57 bits per heavy atom. The minimum atomic E-state index is -0.390. The van der Waals surface area contributed by atoms with E-state index in [2.05, 4.69) is 5.32 Å². The van der Waals surface area contributed by atoms with Crippen molar-refractivity contribution in [2.24, 2.45) is 11.8 Å². The van der Waals surface area contributed by atoms with Crippen LogP contribution in [0.2, 0.25) is 0 Å². The lowest BCUT2D eigenvalue weighted by Gasteiger charge is -2.22. The summed E-state index contributed by atoms with van der Waals surface area (Å²) in [4.78, 5) is 12.1. The van der Waals surface area contributed by atoms with Gasteiger partial charge in [0.2, 0.25) is 5.91 Å². The maximum atomic E-state index is 13.1. The number of carbonyl (C=O) groups excluding carboxylic acids is 1. The standard InChI is InChI=1S/C22H35FN2O3/c1-28-21(18-10-12-20(23)13-11-18)15-19(22(26)25-27)9-5-6-14-24-16-17-7-3-2-4-8-17/h10-13,17,19,21,24,27H,2-9,14-16H2,1H3,(H,25,26). The van der Waals surface area contributed by atoms with Gasteiger partial charge in [-0.2, -0.15) is 0 Å². The molecule has 0 bridgehead atoms. The van der Waals surface area contributed by atoms with Gasteiger partial charge in [0.05, 0.1) is 6.10 Å². The van der Waals surface area contributed by atoms with E-state index in [1.807, 2.05) is 0 Å². The SMILES string of the molecule is COC(CC(CCCCNCC1CCCCC1)C(=O)NO)c1ccc(F)cc1. The highest BCUT2D eigenvalue weighted by atomic mass is 19.1. The van der Waals surface area contributed by atoms with Crippen LogP contribution in [0, 0.1) is 17.7 Å². The van der Waals surface area contributed by atoms with Gasteiger partial charge >= 0.3 is 0 Å². The van der Waals surface area contributed by atoms with Gasteiger partial charge in [0.25, 0.3) is 0 Å². The van der Waals surface area contributed by atoms with E-state index < -0.39 is 0 Å². The molecule has 2 atom stereocenters. The Hall–Kier alpha value is -1.50. The Morgan fingerprint density at radius 1 is 1.21 bits per heavy atom. The maximum Gasteiger partial charge on any atom is 0.246 e. The number of amides is 1. The number of benzene rings is 1. The van der Waals surface area contributed by atoms with Gasteiger partial charge in [0.15, 0.2) is 0 Å². The van der Waals surface area contributed by atoms with E-state index in [1.54, 1.807) is 24.7 Å². The number of hydrogen-bond acceptors (Lipinski definition) is 4. The van der Waals surface area contributed by atoms with Crippen molar-refractivity contribution in [3.8, 4) is 0 Å². The second kappa shape index (κ2) is 12.9. The topological polar surface area (TPSA) is 70.6 Å². The quantitative estimate of drug-likeness (QED) is 0.280. The van der Waals surface area contributed by atoms with Crippen LogP contribution in [0.4, 0.5) is 4.39 Å². The number of hydroxylamine groups is 1. The molecule has 2 unspecified atom stereocenters. The Balaban J connectivity index is 1.74. The summed E-state index contributed by atoms with van der Waals surface area (Å²) in [6, 6.07) is 6.13. The summed E-state index contributed by atoms with van der Waals surface area (Å²) in [6.07, 6.45) is 9.49. The van der Waals surface area contributed by atoms with Gasteiger partial charge in [-0.1, -0.05) is 37.8 Å². The largest absolute Gasteiger partial charge is 0.377 e. The second-order valence-corrected chi connectivity index (χ2v) is 7.89. The zero-order chi connectivity index (χ0) is 20.2. The van der Waals surface area contributed by atoms with E-state index in [0.29, 0.717) is 12.8 Å². The van der Waals surface area contributed by atoms with E-state index in [0.717, 1.165) is 37.4 Å². The molecule has 3 N–H and O–H groups in total. The average Bonchev–Trinajstić information content (AvgIpc) is 2.73. The molecule has 0 heterocycles. The summed E-state index contributed by atoms with van der Waals surface area (Å²) in [6.45, 7) is 2.05. The number of ether oxygens (including phenoxy) is 1. The van der Waals surface area contributed by atoms with Crippen molar-refractivity contribution in [3.63, 3.8) is 0 Å². The first-order chi connectivity index (χ1) is 13.6. The van der Waals surface area contributed by atoms with Crippen molar-refractivity contribution in [2.45, 2.75) is 63.9 Å². The van der Waals surface area contributed by atoms with Crippen molar-refractivity contribution < 1.29 is 19.1 Å². The molecule has 1 aliphatic carbocycles. The van der Waals surface area contributed by atoms with E-state index >= 15 is 0 Å². The number of carbonyl (C=O) groups is 1. The molecule has 158 valence electrons. The maximum absolute atomic E-state index is 13.1. The molecular formula is C22H35FN2O3. The third-order valence-electron chi connectivity index (χ3n) is 5.82. The van der Waals surface area contributed by atoms with E-state index in [9.17, 15) is 9.18 Å². The van der Waals surface area contributed by atoms with E-state index in [4.69, 9.17) is 9.94 Å². The number of rotatable bonds is 12. The van der Waals surface area contributed by atoms with Gasteiger partial charge in [-0.3, -0.25) is 10.0 Å². The molecule has 1 aromatic carbocycles. The fourth-order valence-electron chi connectivity index (χ4n) is 4.09. The molecule has 0 aliphatic heterocycles. The molecule has 1 amide bonds. The molecule has 28 heavy (non-hydrogen) atoms. The second-order valence-electron chi connectivity index (χ2n) is 7.89. The van der Waals surface area contributed by atoms with Gasteiger partial charge in [-0.05, 0) is 68.8 Å². The number of nitrogens with one attached hydrogen (secondary N) is 2. The monoisotopic (exact) mass is 394 g/mol. The summed E-state index contributed by atoms with van der Waals surface area (Å²) in [7, 11) is 1.58. The zero-order valence-corrected chi connectivity index (χ0v) is 17.0. The van der Waals surface area contributed by atoms with E-state index in [-0.39, 0.29) is 23.7 Å². The summed E-state index contributed by atoms with van der Waals surface area (Å²) >= 11 is 0. The number of halogens is 1. The first-order valence-electron chi connectivity index (χ1n) is 10.6. The molecule has 0 spiro atoms. The first-order valence-corrected chi connectivity index (χ1v) is 10.6. The van der Waals surface area contributed by atoms with Crippen LogP contribution in [0.15, 0.2) is 24.3 Å². The first kappa shape index (κ1) is 22.8. The number of methoxy groups -OCH3 is 1. The lowest BCUT2D eigenvalue weighted by Crippen LogP contribution is -2.30. The summed E-state index contributed by atoms with van der Waals surface area (Å²) in [5.74, 6) is -0.221. The predicted octanol–water partition coefficient (Wildman–Crippen LogP) is 4.37. The van der Waals surface area contributed by atoms with Crippen LogP contribution in [0.1, 0.15) is 69.5 Å². The van der Waals surface area contributed by atoms with Crippen molar-refractivity contribution >= 4 is 5.91 Å². The summed E-state index contributed by atoms with van der Waals surface area (Å²) < 4.78 is 18.7. The van der Waals surface area contributed by atoms with Crippen LogP contribution >= 0.6 is 0 Å². The highest BCUT2D eigenvalue weighted by Gasteiger charge is 2.23. The molecule has 5 nitrogen and oxygen atoms in total. The van der Waals surface area contributed by atoms with Gasteiger partial charge < -0.3 is 10.1 Å². The fraction of sp³-hybridized carbons (Fsp3) is 0.682. The third kappa shape index (κ3) is 7.86. The van der Waals surface area contributed by atoms with Gasteiger partial charge in [-0.15, -0.1) is 0 Å². The third-order valence-corrected chi connectivity index (χ3v) is 5.82. The number of unbranched alkanes of at least 4 members (excludes halogenated alkanes) is 1. The van der Waals surface area contributed by atoms with Crippen molar-refractivity contribution in [1.82, 2.24) is 10.8 Å². The zero-order valence-electron chi connectivity index (χ0n) is 17.0. The number of hydrogen-bond donors (Lipinski definition) is 3. The molecule has 2 rings (SSSR count). The highest BCUT2D eigenvalue weighted by molar-refractivity contribution is 5.77. The minimum absolute atomic E-state index is 0.302. The molecule has 0 aromatic heterocycles. The molecule has 1 saturated carbocycles. The van der Waals surface area contributed by atoms with Gasteiger partial charge in [0, 0.05) is 13.0 Å². The van der Waals surface area contributed by atoms with Crippen LogP contribution in [0.3, 0.4) is 0 Å². The Morgan fingerprint density at radius 2 is 1.93 bits per heavy atom. The van der Waals surface area contributed by atoms with E-state index in [1.165, 1.54) is 44.2 Å². The van der Waals surface area contributed by atoms with Crippen molar-refractivity contribution in [2.75, 3.05) is 20.2 Å². The average molecular weight is 395 g/mol. The smallest absolute Gasteiger partial charge is 0.246 e. The fourth-order valence-corrected chi connectivity index (χ4v) is 4.09. The van der Waals surface area contributed by atoms with Crippen LogP contribution in [-0.4, -0.2) is 31.3 Å². The van der Waals surface area contributed by atoms with Crippen molar-refractivity contribution in [1.29, 1.82) is 0 Å². The van der Waals surface area contributed by atoms with Crippen molar-refractivity contribution in [3.05, 3.63) is 35.6 Å². The van der Waals surface area contributed by atoms with Gasteiger partial charge in [-0.25, -0.2) is 9.87 Å². The molecule has 6 heteroatoms. The summed E-state index contributed by atoms with van der Waals surface area (Å²) in [5, 5.41) is 12.6. The van der Waals surface area contributed by atoms with Crippen LogP contribution in [0.25, 0.3) is 0 Å². The Labute approximate surface area is 168 Å². The molecule has 1 aliphatic rings. The van der Waals surface area contributed by atoms with Crippen LogP contribution < -0.4 is 10.8 Å². The lowest BCUT2D eigenvalue weighted by atomic mass is 9.89. The predicted molar refractivity (Wildman–Crippen MR) is 107 cm³/mol. The lowest BCUT2D eigenvalue weighted by molar-refractivity contribution is -0.135. The Kier molecular flexibility index (Phi) is 10.5. The molecule has 0 radical (unpaired) electrons. The Bertz CT molecular complexity index is 561. The highest BCUT2D eigenvalue weighted by Crippen LogP contribution is 2.28. The van der Waals surface area contributed by atoms with Crippen LogP contribution in [0.5, 0.6) is 0 Å². The molecule has 1 fully saturated rings.